The van der Waals surface area contributed by atoms with E-state index < -0.39 is 17.2 Å². The van der Waals surface area contributed by atoms with E-state index in [1.807, 2.05) is 6.92 Å². The Morgan fingerprint density at radius 3 is 2.40 bits per heavy atom. The van der Waals surface area contributed by atoms with E-state index >= 15 is 0 Å². The van der Waals surface area contributed by atoms with Gasteiger partial charge in [-0.05, 0) is 37.5 Å². The van der Waals surface area contributed by atoms with Gasteiger partial charge in [-0.1, -0.05) is 25.8 Å². The quantitative estimate of drug-likeness (QED) is 0.849. The molecule has 1 aromatic carbocycles. The van der Waals surface area contributed by atoms with Crippen LogP contribution in [0, 0.1) is 12.3 Å². The lowest BCUT2D eigenvalue weighted by atomic mass is 9.87. The SMILES string of the molecule is Cc1ccc(NC(=O)C2(C)CCCC2)cc1C(F)(F)F. The Bertz CT molecular complexity index is 516. The summed E-state index contributed by atoms with van der Waals surface area (Å²) >= 11 is 0. The zero-order valence-electron chi connectivity index (χ0n) is 11.6. The molecule has 110 valence electrons. The fraction of sp³-hybridized carbons (Fsp3) is 0.533. The van der Waals surface area contributed by atoms with Crippen molar-refractivity contribution in [1.82, 2.24) is 0 Å². The smallest absolute Gasteiger partial charge is 0.326 e. The molecule has 1 N–H and O–H groups in total. The van der Waals surface area contributed by atoms with Crippen LogP contribution in [0.1, 0.15) is 43.7 Å². The molecule has 1 amide bonds. The number of halogens is 3. The highest BCUT2D eigenvalue weighted by molar-refractivity contribution is 5.95. The van der Waals surface area contributed by atoms with Crippen molar-refractivity contribution < 1.29 is 18.0 Å². The third-order valence-corrected chi connectivity index (χ3v) is 4.06. The van der Waals surface area contributed by atoms with Crippen LogP contribution in [-0.2, 0) is 11.0 Å². The van der Waals surface area contributed by atoms with Crippen molar-refractivity contribution in [3.05, 3.63) is 29.3 Å². The molecule has 0 aromatic heterocycles. The average molecular weight is 285 g/mol. The van der Waals surface area contributed by atoms with Gasteiger partial charge in [0.05, 0.1) is 5.56 Å². The van der Waals surface area contributed by atoms with Crippen molar-refractivity contribution in [3.63, 3.8) is 0 Å². The van der Waals surface area contributed by atoms with Gasteiger partial charge in [0.25, 0.3) is 0 Å². The largest absolute Gasteiger partial charge is 0.416 e. The molecule has 1 aliphatic carbocycles. The number of aryl methyl sites for hydroxylation is 1. The van der Waals surface area contributed by atoms with Gasteiger partial charge in [-0.25, -0.2) is 0 Å². The maximum absolute atomic E-state index is 12.8. The van der Waals surface area contributed by atoms with Crippen molar-refractivity contribution in [1.29, 1.82) is 0 Å². The van der Waals surface area contributed by atoms with E-state index in [1.54, 1.807) is 0 Å². The number of rotatable bonds is 2. The standard InChI is InChI=1S/C15H18F3NO/c1-10-5-6-11(9-12(10)15(16,17)18)19-13(20)14(2)7-3-4-8-14/h5-6,9H,3-4,7-8H2,1-2H3,(H,19,20). The fourth-order valence-electron chi connectivity index (χ4n) is 2.67. The average Bonchev–Trinajstić information content (AvgIpc) is 2.78. The summed E-state index contributed by atoms with van der Waals surface area (Å²) in [5.41, 5.74) is -0.793. The van der Waals surface area contributed by atoms with Gasteiger partial charge in [0, 0.05) is 11.1 Å². The molecule has 5 heteroatoms. The number of carbonyl (C=O) groups excluding carboxylic acids is 1. The van der Waals surface area contributed by atoms with E-state index in [4.69, 9.17) is 0 Å². The summed E-state index contributed by atoms with van der Waals surface area (Å²) < 4.78 is 38.5. The second-order valence-electron chi connectivity index (χ2n) is 5.75. The molecule has 1 aromatic rings. The summed E-state index contributed by atoms with van der Waals surface area (Å²) in [5, 5.41) is 2.63. The Balaban J connectivity index is 2.20. The van der Waals surface area contributed by atoms with Crippen molar-refractivity contribution in [2.75, 3.05) is 5.32 Å². The van der Waals surface area contributed by atoms with Crippen LogP contribution in [0.4, 0.5) is 18.9 Å². The van der Waals surface area contributed by atoms with Crippen LogP contribution in [0.25, 0.3) is 0 Å². The molecule has 0 bridgehead atoms. The zero-order valence-corrected chi connectivity index (χ0v) is 11.6. The highest BCUT2D eigenvalue weighted by atomic mass is 19.4. The maximum Gasteiger partial charge on any atom is 0.416 e. The number of alkyl halides is 3. The third kappa shape index (κ3) is 2.97. The Labute approximate surface area is 116 Å². The van der Waals surface area contributed by atoms with E-state index in [2.05, 4.69) is 5.32 Å². The van der Waals surface area contributed by atoms with Crippen LogP contribution < -0.4 is 5.32 Å². The summed E-state index contributed by atoms with van der Waals surface area (Å²) in [6.07, 6.45) is -0.840. The Morgan fingerprint density at radius 2 is 1.85 bits per heavy atom. The normalized spacial score (nSPS) is 18.1. The number of nitrogens with one attached hydrogen (secondary N) is 1. The molecular formula is C15H18F3NO. The van der Waals surface area contributed by atoms with Crippen molar-refractivity contribution >= 4 is 11.6 Å². The summed E-state index contributed by atoms with van der Waals surface area (Å²) in [4.78, 5) is 12.2. The fourth-order valence-corrected chi connectivity index (χ4v) is 2.67. The van der Waals surface area contributed by atoms with E-state index in [0.29, 0.717) is 0 Å². The lowest BCUT2D eigenvalue weighted by molar-refractivity contribution is -0.138. The van der Waals surface area contributed by atoms with Crippen LogP contribution in [-0.4, -0.2) is 5.91 Å². The predicted molar refractivity (Wildman–Crippen MR) is 71.4 cm³/mol. The first-order chi connectivity index (χ1) is 9.22. The minimum absolute atomic E-state index is 0.155. The van der Waals surface area contributed by atoms with Crippen LogP contribution >= 0.6 is 0 Å². The van der Waals surface area contributed by atoms with Gasteiger partial charge in [0.2, 0.25) is 5.91 Å². The third-order valence-electron chi connectivity index (χ3n) is 4.06. The van der Waals surface area contributed by atoms with E-state index in [0.717, 1.165) is 31.7 Å². The van der Waals surface area contributed by atoms with Gasteiger partial charge >= 0.3 is 6.18 Å². The van der Waals surface area contributed by atoms with Crippen molar-refractivity contribution in [2.45, 2.75) is 45.7 Å². The van der Waals surface area contributed by atoms with Gasteiger partial charge in [-0.3, -0.25) is 4.79 Å². The summed E-state index contributed by atoms with van der Waals surface area (Å²) in [5.74, 6) is -0.188. The molecular weight excluding hydrogens is 267 g/mol. The summed E-state index contributed by atoms with van der Waals surface area (Å²) in [7, 11) is 0. The number of hydrogen-bond donors (Lipinski definition) is 1. The second-order valence-corrected chi connectivity index (χ2v) is 5.75. The summed E-state index contributed by atoms with van der Waals surface area (Å²) in [6.45, 7) is 3.28. The molecule has 0 aliphatic heterocycles. The Morgan fingerprint density at radius 1 is 1.25 bits per heavy atom. The second kappa shape index (κ2) is 5.11. The number of benzene rings is 1. The summed E-state index contributed by atoms with van der Waals surface area (Å²) in [6, 6.07) is 3.90. The number of hydrogen-bond acceptors (Lipinski definition) is 1. The molecule has 0 radical (unpaired) electrons. The van der Waals surface area contributed by atoms with Gasteiger partial charge in [-0.2, -0.15) is 13.2 Å². The molecule has 0 saturated heterocycles. The molecule has 0 unspecified atom stereocenters. The molecule has 0 heterocycles. The highest BCUT2D eigenvalue weighted by Crippen LogP contribution is 2.39. The lowest BCUT2D eigenvalue weighted by Crippen LogP contribution is -2.30. The van der Waals surface area contributed by atoms with Gasteiger partial charge < -0.3 is 5.32 Å². The van der Waals surface area contributed by atoms with Crippen molar-refractivity contribution in [3.8, 4) is 0 Å². The monoisotopic (exact) mass is 285 g/mol. The van der Waals surface area contributed by atoms with E-state index in [9.17, 15) is 18.0 Å². The van der Waals surface area contributed by atoms with Crippen molar-refractivity contribution in [2.24, 2.45) is 5.41 Å². The minimum Gasteiger partial charge on any atom is -0.326 e. The predicted octanol–water partition coefficient (Wildman–Crippen LogP) is 4.53. The van der Waals surface area contributed by atoms with E-state index in [-0.39, 0.29) is 17.2 Å². The molecule has 0 spiro atoms. The molecule has 1 saturated carbocycles. The molecule has 0 atom stereocenters. The zero-order chi connectivity index (χ0) is 15.0. The molecule has 1 aliphatic rings. The van der Waals surface area contributed by atoms with Gasteiger partial charge in [-0.15, -0.1) is 0 Å². The van der Waals surface area contributed by atoms with Crippen LogP contribution in [0.5, 0.6) is 0 Å². The molecule has 1 fully saturated rings. The first kappa shape index (κ1) is 14.9. The lowest BCUT2D eigenvalue weighted by Gasteiger charge is -2.22. The first-order valence-electron chi connectivity index (χ1n) is 6.72. The number of anilines is 1. The number of carbonyl (C=O) groups is 1. The van der Waals surface area contributed by atoms with Gasteiger partial charge in [0.1, 0.15) is 0 Å². The molecule has 2 rings (SSSR count). The van der Waals surface area contributed by atoms with E-state index in [1.165, 1.54) is 19.1 Å². The maximum atomic E-state index is 12.8. The topological polar surface area (TPSA) is 29.1 Å². The van der Waals surface area contributed by atoms with Crippen LogP contribution in [0.2, 0.25) is 0 Å². The number of amides is 1. The Hall–Kier alpha value is -1.52. The molecule has 2 nitrogen and oxygen atoms in total. The Kier molecular flexibility index (Phi) is 3.80. The highest BCUT2D eigenvalue weighted by Gasteiger charge is 2.37. The first-order valence-corrected chi connectivity index (χ1v) is 6.72. The van der Waals surface area contributed by atoms with Crippen LogP contribution in [0.15, 0.2) is 18.2 Å². The minimum atomic E-state index is -4.40. The molecule has 20 heavy (non-hydrogen) atoms. The van der Waals surface area contributed by atoms with Gasteiger partial charge in [0.15, 0.2) is 0 Å². The van der Waals surface area contributed by atoms with Crippen LogP contribution in [0.3, 0.4) is 0 Å².